The minimum atomic E-state index is 0.213. The van der Waals surface area contributed by atoms with Crippen LogP contribution < -0.4 is 5.32 Å². The molecule has 13 heavy (non-hydrogen) atoms. The zero-order valence-corrected chi connectivity index (χ0v) is 9.23. The van der Waals surface area contributed by atoms with Crippen LogP contribution in [0.2, 0.25) is 0 Å². The highest BCUT2D eigenvalue weighted by Crippen LogP contribution is 2.11. The Hall–Kier alpha value is -0.530. The van der Waals surface area contributed by atoms with Crippen molar-refractivity contribution in [1.29, 1.82) is 0 Å². The van der Waals surface area contributed by atoms with E-state index in [1.165, 1.54) is 19.3 Å². The molecule has 0 fully saturated rings. The lowest BCUT2D eigenvalue weighted by molar-refractivity contribution is -0.121. The first kappa shape index (κ1) is 12.5. The average Bonchev–Trinajstić information content (AvgIpc) is 2.11. The summed E-state index contributed by atoms with van der Waals surface area (Å²) in [6, 6.07) is 0. The summed E-state index contributed by atoms with van der Waals surface area (Å²) in [6.45, 7) is 7.23. The number of carbonyl (C=O) groups is 1. The molecule has 0 radical (unpaired) electrons. The topological polar surface area (TPSA) is 29.1 Å². The van der Waals surface area contributed by atoms with Crippen LogP contribution in [0.5, 0.6) is 0 Å². The van der Waals surface area contributed by atoms with Crippen LogP contribution in [0, 0.1) is 5.92 Å². The molecule has 0 aromatic carbocycles. The minimum Gasteiger partial charge on any atom is -0.356 e. The van der Waals surface area contributed by atoms with Crippen LogP contribution in [0.15, 0.2) is 0 Å². The molecule has 0 aliphatic heterocycles. The third-order valence-electron chi connectivity index (χ3n) is 2.16. The van der Waals surface area contributed by atoms with Gasteiger partial charge in [0.15, 0.2) is 0 Å². The Balaban J connectivity index is 3.41. The van der Waals surface area contributed by atoms with Gasteiger partial charge in [-0.15, -0.1) is 0 Å². The Morgan fingerprint density at radius 3 is 2.54 bits per heavy atom. The number of hydrogen-bond acceptors (Lipinski definition) is 1. The molecule has 0 aromatic rings. The fraction of sp³-hybridized carbons (Fsp3) is 0.909. The number of hydrogen-bond donors (Lipinski definition) is 1. The molecule has 0 saturated carbocycles. The Morgan fingerprint density at radius 2 is 2.00 bits per heavy atom. The van der Waals surface area contributed by atoms with Gasteiger partial charge in [-0.1, -0.05) is 40.0 Å². The maximum atomic E-state index is 11.3. The molecule has 2 nitrogen and oxygen atoms in total. The first-order valence-corrected chi connectivity index (χ1v) is 5.47. The van der Waals surface area contributed by atoms with E-state index < -0.39 is 0 Å². The van der Waals surface area contributed by atoms with Crippen molar-refractivity contribution in [2.24, 2.45) is 5.92 Å². The molecule has 0 aliphatic rings. The number of nitrogens with one attached hydrogen (secondary N) is 1. The van der Waals surface area contributed by atoms with Gasteiger partial charge in [0.25, 0.3) is 0 Å². The van der Waals surface area contributed by atoms with Gasteiger partial charge in [0.2, 0.25) is 5.91 Å². The van der Waals surface area contributed by atoms with Crippen LogP contribution >= 0.6 is 0 Å². The lowest BCUT2D eigenvalue weighted by atomic mass is 10.0. The maximum Gasteiger partial charge on any atom is 0.220 e. The third kappa shape index (κ3) is 7.82. The molecule has 1 atom stereocenters. The van der Waals surface area contributed by atoms with Gasteiger partial charge in [-0.2, -0.15) is 0 Å². The molecule has 0 bridgehead atoms. The van der Waals surface area contributed by atoms with Crippen molar-refractivity contribution in [3.05, 3.63) is 0 Å². The zero-order chi connectivity index (χ0) is 10.1. The van der Waals surface area contributed by atoms with Crippen molar-refractivity contribution in [1.82, 2.24) is 5.32 Å². The second-order valence-corrected chi connectivity index (χ2v) is 3.80. The summed E-state index contributed by atoms with van der Waals surface area (Å²) >= 11 is 0. The van der Waals surface area contributed by atoms with Gasteiger partial charge < -0.3 is 5.32 Å². The van der Waals surface area contributed by atoms with Crippen molar-refractivity contribution in [3.63, 3.8) is 0 Å². The lowest BCUT2D eigenvalue weighted by Crippen LogP contribution is -2.25. The SMILES string of the molecule is CCCC[C@H](C)CC(=O)NCCC. The molecular formula is C11H23NO. The summed E-state index contributed by atoms with van der Waals surface area (Å²) in [6.07, 6.45) is 5.36. The molecule has 0 unspecified atom stereocenters. The summed E-state index contributed by atoms with van der Waals surface area (Å²) in [5, 5.41) is 2.90. The van der Waals surface area contributed by atoms with Gasteiger partial charge in [0, 0.05) is 13.0 Å². The molecule has 1 amide bonds. The Labute approximate surface area is 82.1 Å². The van der Waals surface area contributed by atoms with E-state index in [1.807, 2.05) is 0 Å². The van der Waals surface area contributed by atoms with Gasteiger partial charge in [0.05, 0.1) is 0 Å². The first-order chi connectivity index (χ1) is 6.20. The highest BCUT2D eigenvalue weighted by Gasteiger charge is 2.07. The van der Waals surface area contributed by atoms with E-state index in [2.05, 4.69) is 26.1 Å². The average molecular weight is 185 g/mol. The van der Waals surface area contributed by atoms with E-state index in [1.54, 1.807) is 0 Å². The monoisotopic (exact) mass is 185 g/mol. The summed E-state index contributed by atoms with van der Waals surface area (Å²) in [5.41, 5.74) is 0. The minimum absolute atomic E-state index is 0.213. The van der Waals surface area contributed by atoms with Crippen molar-refractivity contribution < 1.29 is 4.79 Å². The molecule has 0 heterocycles. The number of amides is 1. The molecule has 78 valence electrons. The van der Waals surface area contributed by atoms with E-state index in [0.29, 0.717) is 12.3 Å². The fourth-order valence-corrected chi connectivity index (χ4v) is 1.31. The maximum absolute atomic E-state index is 11.3. The predicted octanol–water partition coefficient (Wildman–Crippen LogP) is 2.73. The van der Waals surface area contributed by atoms with Crippen LogP contribution in [0.3, 0.4) is 0 Å². The third-order valence-corrected chi connectivity index (χ3v) is 2.16. The van der Waals surface area contributed by atoms with Crippen LogP contribution in [0.1, 0.15) is 52.9 Å². The molecule has 0 spiro atoms. The van der Waals surface area contributed by atoms with Gasteiger partial charge in [0.1, 0.15) is 0 Å². The zero-order valence-electron chi connectivity index (χ0n) is 9.23. The Bertz CT molecular complexity index is 134. The van der Waals surface area contributed by atoms with Gasteiger partial charge in [-0.05, 0) is 12.3 Å². The number of carbonyl (C=O) groups excluding carboxylic acids is 1. The van der Waals surface area contributed by atoms with E-state index in [4.69, 9.17) is 0 Å². The molecule has 0 aromatic heterocycles. The van der Waals surface area contributed by atoms with Crippen LogP contribution in [-0.4, -0.2) is 12.5 Å². The number of rotatable bonds is 7. The smallest absolute Gasteiger partial charge is 0.220 e. The molecule has 0 rings (SSSR count). The molecular weight excluding hydrogens is 162 g/mol. The highest BCUT2D eigenvalue weighted by molar-refractivity contribution is 5.76. The highest BCUT2D eigenvalue weighted by atomic mass is 16.1. The molecule has 0 saturated heterocycles. The summed E-state index contributed by atoms with van der Waals surface area (Å²) in [4.78, 5) is 11.3. The largest absolute Gasteiger partial charge is 0.356 e. The van der Waals surface area contributed by atoms with Gasteiger partial charge in [-0.3, -0.25) is 4.79 Å². The van der Waals surface area contributed by atoms with Crippen LogP contribution in [0.25, 0.3) is 0 Å². The van der Waals surface area contributed by atoms with Crippen molar-refractivity contribution >= 4 is 5.91 Å². The number of unbranched alkanes of at least 4 members (excludes halogenated alkanes) is 1. The van der Waals surface area contributed by atoms with Crippen molar-refractivity contribution in [2.45, 2.75) is 52.9 Å². The summed E-state index contributed by atoms with van der Waals surface area (Å²) in [5.74, 6) is 0.752. The fourth-order valence-electron chi connectivity index (χ4n) is 1.31. The predicted molar refractivity (Wildman–Crippen MR) is 56.6 cm³/mol. The molecule has 0 aliphatic carbocycles. The first-order valence-electron chi connectivity index (χ1n) is 5.47. The Morgan fingerprint density at radius 1 is 1.31 bits per heavy atom. The van der Waals surface area contributed by atoms with E-state index in [-0.39, 0.29) is 5.91 Å². The van der Waals surface area contributed by atoms with Crippen LogP contribution in [-0.2, 0) is 4.79 Å². The second kappa shape index (κ2) is 8.09. The van der Waals surface area contributed by atoms with Gasteiger partial charge in [-0.25, -0.2) is 0 Å². The van der Waals surface area contributed by atoms with Crippen LogP contribution in [0.4, 0.5) is 0 Å². The van der Waals surface area contributed by atoms with E-state index in [0.717, 1.165) is 13.0 Å². The summed E-state index contributed by atoms with van der Waals surface area (Å²) in [7, 11) is 0. The van der Waals surface area contributed by atoms with Gasteiger partial charge >= 0.3 is 0 Å². The second-order valence-electron chi connectivity index (χ2n) is 3.80. The standard InChI is InChI=1S/C11H23NO/c1-4-6-7-10(3)9-11(13)12-8-5-2/h10H,4-9H2,1-3H3,(H,12,13)/t10-/m0/s1. The van der Waals surface area contributed by atoms with E-state index in [9.17, 15) is 4.79 Å². The lowest BCUT2D eigenvalue weighted by Gasteiger charge is -2.10. The van der Waals surface area contributed by atoms with E-state index >= 15 is 0 Å². The quantitative estimate of drug-likeness (QED) is 0.649. The molecule has 1 N–H and O–H groups in total. The summed E-state index contributed by atoms with van der Waals surface area (Å²) < 4.78 is 0. The molecule has 2 heteroatoms. The normalized spacial score (nSPS) is 12.5. The van der Waals surface area contributed by atoms with Crippen molar-refractivity contribution in [2.75, 3.05) is 6.54 Å². The Kier molecular flexibility index (Phi) is 7.76. The van der Waals surface area contributed by atoms with Crippen molar-refractivity contribution in [3.8, 4) is 0 Å².